The highest BCUT2D eigenvalue weighted by atomic mass is 19.1. The predicted octanol–water partition coefficient (Wildman–Crippen LogP) is 5.72. The minimum absolute atomic E-state index is 0.122. The summed E-state index contributed by atoms with van der Waals surface area (Å²) in [5, 5.41) is 4.07. The molecule has 0 aliphatic rings. The van der Waals surface area contributed by atoms with Gasteiger partial charge in [-0.15, -0.1) is 0 Å². The standard InChI is InChI=1S/C24H20F2N2O/c1-15(18-12-11-17(25)13-21(18)26)28-23(16-7-3-2-4-8-16)24(29)20-14-27-22-10-6-5-9-19(20)22/h2-15,23,27-28H,1H3. The zero-order valence-corrected chi connectivity index (χ0v) is 15.8. The predicted molar refractivity (Wildman–Crippen MR) is 110 cm³/mol. The largest absolute Gasteiger partial charge is 0.360 e. The summed E-state index contributed by atoms with van der Waals surface area (Å²) in [6, 6.07) is 19.2. The van der Waals surface area contributed by atoms with Crippen LogP contribution in [0.3, 0.4) is 0 Å². The molecule has 3 nitrogen and oxygen atoms in total. The maximum Gasteiger partial charge on any atom is 0.186 e. The van der Waals surface area contributed by atoms with E-state index < -0.39 is 23.7 Å². The first-order chi connectivity index (χ1) is 14.0. The van der Waals surface area contributed by atoms with Gasteiger partial charge >= 0.3 is 0 Å². The number of fused-ring (bicyclic) bond motifs is 1. The van der Waals surface area contributed by atoms with Crippen LogP contribution in [0.1, 0.15) is 40.5 Å². The van der Waals surface area contributed by atoms with E-state index in [2.05, 4.69) is 10.3 Å². The maximum atomic E-state index is 14.3. The molecular formula is C24H20F2N2O. The smallest absolute Gasteiger partial charge is 0.186 e. The number of hydrogen-bond acceptors (Lipinski definition) is 2. The molecule has 146 valence electrons. The van der Waals surface area contributed by atoms with Crippen molar-refractivity contribution in [3.63, 3.8) is 0 Å². The van der Waals surface area contributed by atoms with Crippen molar-refractivity contribution >= 4 is 16.7 Å². The minimum atomic E-state index is -0.685. The molecule has 3 aromatic carbocycles. The van der Waals surface area contributed by atoms with Gasteiger partial charge in [0.2, 0.25) is 0 Å². The van der Waals surface area contributed by atoms with Crippen molar-refractivity contribution in [1.82, 2.24) is 10.3 Å². The van der Waals surface area contributed by atoms with Crippen LogP contribution < -0.4 is 5.32 Å². The number of aromatic amines is 1. The monoisotopic (exact) mass is 390 g/mol. The summed E-state index contributed by atoms with van der Waals surface area (Å²) in [5.74, 6) is -1.40. The molecule has 5 heteroatoms. The first kappa shape index (κ1) is 19.0. The Hall–Kier alpha value is -3.31. The Labute approximate surface area is 167 Å². The molecule has 0 spiro atoms. The molecule has 0 aliphatic carbocycles. The van der Waals surface area contributed by atoms with Gasteiger partial charge in [0.1, 0.15) is 11.6 Å². The zero-order valence-electron chi connectivity index (χ0n) is 15.8. The van der Waals surface area contributed by atoms with Gasteiger partial charge < -0.3 is 4.98 Å². The zero-order chi connectivity index (χ0) is 20.4. The number of aromatic nitrogens is 1. The number of carbonyl (C=O) groups excluding carboxylic acids is 1. The summed E-state index contributed by atoms with van der Waals surface area (Å²) >= 11 is 0. The van der Waals surface area contributed by atoms with Gasteiger partial charge in [-0.2, -0.15) is 0 Å². The van der Waals surface area contributed by atoms with Gasteiger partial charge in [-0.05, 0) is 24.6 Å². The molecule has 1 heterocycles. The molecule has 0 radical (unpaired) electrons. The molecule has 29 heavy (non-hydrogen) atoms. The maximum absolute atomic E-state index is 14.3. The van der Waals surface area contributed by atoms with E-state index >= 15 is 0 Å². The SMILES string of the molecule is CC(NC(C(=O)c1c[nH]c2ccccc12)c1ccccc1)c1ccc(F)cc1F. The van der Waals surface area contributed by atoms with Crippen LogP contribution in [-0.2, 0) is 0 Å². The van der Waals surface area contributed by atoms with Crippen molar-refractivity contribution in [3.05, 3.63) is 107 Å². The van der Waals surface area contributed by atoms with Gasteiger partial charge in [-0.3, -0.25) is 10.1 Å². The average Bonchev–Trinajstić information content (AvgIpc) is 3.16. The summed E-state index contributed by atoms with van der Waals surface area (Å²) in [5.41, 5.74) is 2.52. The van der Waals surface area contributed by atoms with E-state index in [1.54, 1.807) is 13.1 Å². The Morgan fingerprint density at radius 3 is 2.45 bits per heavy atom. The fourth-order valence-corrected chi connectivity index (χ4v) is 3.59. The highest BCUT2D eigenvalue weighted by Gasteiger charge is 2.26. The van der Waals surface area contributed by atoms with Crippen molar-refractivity contribution in [3.8, 4) is 0 Å². The third-order valence-electron chi connectivity index (χ3n) is 5.10. The topological polar surface area (TPSA) is 44.9 Å². The highest BCUT2D eigenvalue weighted by molar-refractivity contribution is 6.10. The number of carbonyl (C=O) groups is 1. The molecule has 0 saturated heterocycles. The number of Topliss-reactive ketones (excluding diaryl/α,β-unsaturated/α-hetero) is 1. The molecule has 2 N–H and O–H groups in total. The van der Waals surface area contributed by atoms with Gasteiger partial charge in [0, 0.05) is 40.3 Å². The van der Waals surface area contributed by atoms with Gasteiger partial charge in [0.05, 0.1) is 6.04 Å². The Bertz CT molecular complexity index is 1150. The molecular weight excluding hydrogens is 370 g/mol. The van der Waals surface area contributed by atoms with E-state index in [4.69, 9.17) is 0 Å². The van der Waals surface area contributed by atoms with Crippen LogP contribution in [0.2, 0.25) is 0 Å². The van der Waals surface area contributed by atoms with Crippen LogP contribution in [-0.4, -0.2) is 10.8 Å². The van der Waals surface area contributed by atoms with Crippen LogP contribution >= 0.6 is 0 Å². The van der Waals surface area contributed by atoms with E-state index in [9.17, 15) is 13.6 Å². The fraction of sp³-hybridized carbons (Fsp3) is 0.125. The molecule has 0 saturated carbocycles. The summed E-state index contributed by atoms with van der Waals surface area (Å²) in [6.07, 6.45) is 1.70. The Morgan fingerprint density at radius 1 is 0.966 bits per heavy atom. The average molecular weight is 390 g/mol. The number of benzene rings is 3. The second-order valence-corrected chi connectivity index (χ2v) is 7.01. The van der Waals surface area contributed by atoms with Crippen LogP contribution in [0.5, 0.6) is 0 Å². The number of H-pyrrole nitrogens is 1. The van der Waals surface area contributed by atoms with Gasteiger partial charge in [-0.25, -0.2) is 8.78 Å². The molecule has 4 aromatic rings. The second kappa shape index (κ2) is 7.97. The second-order valence-electron chi connectivity index (χ2n) is 7.01. The van der Waals surface area contributed by atoms with E-state index in [-0.39, 0.29) is 5.78 Å². The summed E-state index contributed by atoms with van der Waals surface area (Å²) < 4.78 is 27.5. The third kappa shape index (κ3) is 3.82. The lowest BCUT2D eigenvalue weighted by atomic mass is 9.95. The van der Waals surface area contributed by atoms with Crippen molar-refractivity contribution < 1.29 is 13.6 Å². The molecule has 2 atom stereocenters. The van der Waals surface area contributed by atoms with Crippen LogP contribution in [0.15, 0.2) is 79.0 Å². The number of para-hydroxylation sites is 1. The number of ketones is 1. The molecule has 0 aliphatic heterocycles. The summed E-state index contributed by atoms with van der Waals surface area (Å²) in [7, 11) is 0. The van der Waals surface area contributed by atoms with E-state index in [0.29, 0.717) is 11.1 Å². The molecule has 0 fully saturated rings. The fourth-order valence-electron chi connectivity index (χ4n) is 3.59. The van der Waals surface area contributed by atoms with E-state index in [1.165, 1.54) is 12.1 Å². The first-order valence-electron chi connectivity index (χ1n) is 9.41. The summed E-state index contributed by atoms with van der Waals surface area (Å²) in [6.45, 7) is 1.76. The lowest BCUT2D eigenvalue weighted by molar-refractivity contribution is 0.0938. The highest BCUT2D eigenvalue weighted by Crippen LogP contribution is 2.28. The first-order valence-corrected chi connectivity index (χ1v) is 9.41. The van der Waals surface area contributed by atoms with Crippen molar-refractivity contribution in [1.29, 1.82) is 0 Å². The lowest BCUT2D eigenvalue weighted by Gasteiger charge is -2.23. The van der Waals surface area contributed by atoms with Crippen LogP contribution in [0.4, 0.5) is 8.78 Å². The number of nitrogens with one attached hydrogen (secondary N) is 2. The van der Waals surface area contributed by atoms with Gasteiger partial charge in [0.25, 0.3) is 0 Å². The van der Waals surface area contributed by atoms with Crippen molar-refractivity contribution in [2.75, 3.05) is 0 Å². The minimum Gasteiger partial charge on any atom is -0.360 e. The Morgan fingerprint density at radius 2 is 1.69 bits per heavy atom. The molecule has 4 rings (SSSR count). The lowest BCUT2D eigenvalue weighted by Crippen LogP contribution is -2.31. The Balaban J connectivity index is 1.71. The van der Waals surface area contributed by atoms with E-state index in [1.807, 2.05) is 54.6 Å². The normalized spacial score (nSPS) is 13.3. The van der Waals surface area contributed by atoms with Gasteiger partial charge in [-0.1, -0.05) is 54.6 Å². The molecule has 2 unspecified atom stereocenters. The number of rotatable bonds is 6. The molecule has 0 bridgehead atoms. The third-order valence-corrected chi connectivity index (χ3v) is 5.10. The molecule has 1 aromatic heterocycles. The number of hydrogen-bond donors (Lipinski definition) is 2. The van der Waals surface area contributed by atoms with Crippen molar-refractivity contribution in [2.45, 2.75) is 19.0 Å². The van der Waals surface area contributed by atoms with Crippen LogP contribution in [0, 0.1) is 11.6 Å². The number of halogens is 2. The van der Waals surface area contributed by atoms with Crippen LogP contribution in [0.25, 0.3) is 10.9 Å². The Kier molecular flexibility index (Phi) is 5.23. The quantitative estimate of drug-likeness (QED) is 0.414. The van der Waals surface area contributed by atoms with Crippen molar-refractivity contribution in [2.24, 2.45) is 0 Å². The summed E-state index contributed by atoms with van der Waals surface area (Å²) in [4.78, 5) is 16.6. The van der Waals surface area contributed by atoms with E-state index in [0.717, 1.165) is 22.5 Å². The van der Waals surface area contributed by atoms with Gasteiger partial charge in [0.15, 0.2) is 5.78 Å². The molecule has 0 amide bonds.